The molecule has 0 atom stereocenters. The molecule has 142 valence electrons. The molecule has 28 heavy (non-hydrogen) atoms. The molecule has 2 heterocycles. The smallest absolute Gasteiger partial charge is 0.262 e. The van der Waals surface area contributed by atoms with Crippen molar-refractivity contribution < 1.29 is 21.7 Å². The van der Waals surface area contributed by atoms with Gasteiger partial charge in [-0.25, -0.2) is 12.8 Å². The summed E-state index contributed by atoms with van der Waals surface area (Å²) in [5, 5.41) is 3.86. The summed E-state index contributed by atoms with van der Waals surface area (Å²) in [5.41, 5.74) is 0.960. The Labute approximate surface area is 159 Å². The minimum Gasteiger partial charge on any atom is -0.461 e. The number of nitrogens with zero attached hydrogens (tertiary/aromatic N) is 2. The Balaban J connectivity index is 1.59. The molecule has 0 bridgehead atoms. The van der Waals surface area contributed by atoms with Crippen molar-refractivity contribution in [1.82, 2.24) is 10.1 Å². The third-order valence-corrected chi connectivity index (χ3v) is 5.28. The number of hydrogen-bond acceptors (Lipinski definition) is 6. The number of sulfonamides is 1. The molecule has 0 fully saturated rings. The monoisotopic (exact) mass is 399 g/mol. The predicted octanol–water partition coefficient (Wildman–Crippen LogP) is 3.86. The third kappa shape index (κ3) is 3.79. The molecule has 4 rings (SSSR count). The van der Waals surface area contributed by atoms with Gasteiger partial charge in [-0.05, 0) is 42.0 Å². The zero-order valence-electron chi connectivity index (χ0n) is 14.4. The quantitative estimate of drug-likeness (QED) is 0.529. The topological polar surface area (TPSA) is 98.2 Å². The van der Waals surface area contributed by atoms with Crippen LogP contribution in [0, 0.1) is 5.82 Å². The molecule has 1 N–H and O–H groups in total. The molecule has 7 nitrogen and oxygen atoms in total. The molecular weight excluding hydrogens is 385 g/mol. The average molecular weight is 399 g/mol. The first kappa shape index (κ1) is 17.9. The van der Waals surface area contributed by atoms with E-state index in [1.807, 2.05) is 0 Å². The second kappa shape index (κ2) is 7.28. The van der Waals surface area contributed by atoms with Crippen LogP contribution in [0.3, 0.4) is 0 Å². The highest BCUT2D eigenvalue weighted by Gasteiger charge is 2.18. The van der Waals surface area contributed by atoms with E-state index in [-0.39, 0.29) is 11.3 Å². The van der Waals surface area contributed by atoms with Crippen LogP contribution in [-0.2, 0) is 16.4 Å². The van der Waals surface area contributed by atoms with Gasteiger partial charge >= 0.3 is 0 Å². The van der Waals surface area contributed by atoms with Crippen LogP contribution in [0.25, 0.3) is 11.6 Å². The fraction of sp³-hybridized carbons (Fsp3) is 0.0526. The molecule has 4 aromatic rings. The molecule has 0 saturated heterocycles. The molecule has 0 aliphatic carbocycles. The predicted molar refractivity (Wildman–Crippen MR) is 98.5 cm³/mol. The maximum atomic E-state index is 13.4. The van der Waals surface area contributed by atoms with Crippen LogP contribution < -0.4 is 4.72 Å². The van der Waals surface area contributed by atoms with Gasteiger partial charge in [0.2, 0.25) is 11.7 Å². The number of halogens is 1. The second-order valence-electron chi connectivity index (χ2n) is 5.89. The van der Waals surface area contributed by atoms with Gasteiger partial charge in [0.15, 0.2) is 5.76 Å². The standard InChI is InChI=1S/C19H14FN3O4S/c20-14-6-3-7-15(12-14)28(24,25)23-16-8-2-1-5-13(16)11-18-21-19(22-27-18)17-9-4-10-26-17/h1-10,12,23H,11H2. The summed E-state index contributed by atoms with van der Waals surface area (Å²) in [4.78, 5) is 4.09. The lowest BCUT2D eigenvalue weighted by Gasteiger charge is -2.11. The summed E-state index contributed by atoms with van der Waals surface area (Å²) in [6, 6.07) is 15.0. The molecule has 0 unspecified atom stereocenters. The normalized spacial score (nSPS) is 11.5. The number of nitrogens with one attached hydrogen (secondary N) is 1. The Kier molecular flexibility index (Phi) is 4.66. The summed E-state index contributed by atoms with van der Waals surface area (Å²) >= 11 is 0. The number of benzene rings is 2. The summed E-state index contributed by atoms with van der Waals surface area (Å²) in [5.74, 6) is 0.434. The van der Waals surface area contributed by atoms with E-state index < -0.39 is 15.8 Å². The summed E-state index contributed by atoms with van der Waals surface area (Å²) in [6.07, 6.45) is 1.71. The Bertz CT molecular complexity index is 1200. The maximum Gasteiger partial charge on any atom is 0.262 e. The van der Waals surface area contributed by atoms with Gasteiger partial charge < -0.3 is 8.94 Å². The SMILES string of the molecule is O=S(=O)(Nc1ccccc1Cc1nc(-c2ccco2)no1)c1cccc(F)c1. The van der Waals surface area contributed by atoms with E-state index in [9.17, 15) is 12.8 Å². The van der Waals surface area contributed by atoms with Crippen molar-refractivity contribution in [3.63, 3.8) is 0 Å². The number of aromatic nitrogens is 2. The van der Waals surface area contributed by atoms with Crippen molar-refractivity contribution in [2.45, 2.75) is 11.3 Å². The Morgan fingerprint density at radius 3 is 2.68 bits per heavy atom. The first-order valence-corrected chi connectivity index (χ1v) is 9.72. The molecule has 0 aliphatic heterocycles. The lowest BCUT2D eigenvalue weighted by atomic mass is 10.1. The van der Waals surface area contributed by atoms with Crippen molar-refractivity contribution in [2.75, 3.05) is 4.72 Å². The van der Waals surface area contributed by atoms with Gasteiger partial charge in [-0.15, -0.1) is 0 Å². The van der Waals surface area contributed by atoms with E-state index in [1.54, 1.807) is 36.4 Å². The maximum absolute atomic E-state index is 13.4. The highest BCUT2D eigenvalue weighted by molar-refractivity contribution is 7.92. The Morgan fingerprint density at radius 2 is 1.89 bits per heavy atom. The van der Waals surface area contributed by atoms with Crippen molar-refractivity contribution in [3.05, 3.63) is 84.2 Å². The van der Waals surface area contributed by atoms with Gasteiger partial charge in [0.1, 0.15) is 5.82 Å². The van der Waals surface area contributed by atoms with Crippen LogP contribution in [0.4, 0.5) is 10.1 Å². The van der Waals surface area contributed by atoms with Gasteiger partial charge in [-0.1, -0.05) is 29.4 Å². The molecule has 0 aliphatic rings. The fourth-order valence-electron chi connectivity index (χ4n) is 2.61. The molecule has 0 radical (unpaired) electrons. The van der Waals surface area contributed by atoms with E-state index in [1.165, 1.54) is 24.5 Å². The second-order valence-corrected chi connectivity index (χ2v) is 7.57. The molecule has 2 aromatic carbocycles. The lowest BCUT2D eigenvalue weighted by molar-refractivity contribution is 0.384. The Hall–Kier alpha value is -3.46. The summed E-state index contributed by atoms with van der Waals surface area (Å²) < 4.78 is 51.5. The van der Waals surface area contributed by atoms with Gasteiger partial charge in [0.05, 0.1) is 23.3 Å². The zero-order chi connectivity index (χ0) is 19.6. The molecule has 9 heteroatoms. The van der Waals surface area contributed by atoms with Crippen molar-refractivity contribution in [2.24, 2.45) is 0 Å². The number of para-hydroxylation sites is 1. The largest absolute Gasteiger partial charge is 0.461 e. The third-order valence-electron chi connectivity index (χ3n) is 3.92. The first-order chi connectivity index (χ1) is 13.5. The fourth-order valence-corrected chi connectivity index (χ4v) is 3.74. The van der Waals surface area contributed by atoms with E-state index in [0.29, 0.717) is 28.7 Å². The van der Waals surface area contributed by atoms with Gasteiger partial charge in [0.25, 0.3) is 10.0 Å². The molecule has 0 amide bonds. The Morgan fingerprint density at radius 1 is 1.04 bits per heavy atom. The molecule has 0 spiro atoms. The first-order valence-electron chi connectivity index (χ1n) is 8.24. The minimum absolute atomic E-state index is 0.166. The molecular formula is C19H14FN3O4S. The molecule has 2 aromatic heterocycles. The van der Waals surface area contributed by atoms with Crippen LogP contribution in [-0.4, -0.2) is 18.6 Å². The zero-order valence-corrected chi connectivity index (χ0v) is 15.2. The average Bonchev–Trinajstić information content (AvgIpc) is 3.35. The van der Waals surface area contributed by atoms with Crippen LogP contribution in [0.1, 0.15) is 11.5 Å². The highest BCUT2D eigenvalue weighted by Crippen LogP contribution is 2.24. The minimum atomic E-state index is -3.95. The van der Waals surface area contributed by atoms with Crippen LogP contribution in [0.2, 0.25) is 0 Å². The van der Waals surface area contributed by atoms with E-state index >= 15 is 0 Å². The van der Waals surface area contributed by atoms with Gasteiger partial charge in [0, 0.05) is 0 Å². The van der Waals surface area contributed by atoms with Crippen molar-refractivity contribution in [3.8, 4) is 11.6 Å². The number of rotatable bonds is 6. The van der Waals surface area contributed by atoms with Crippen molar-refractivity contribution >= 4 is 15.7 Å². The number of furan rings is 1. The number of hydrogen-bond donors (Lipinski definition) is 1. The van der Waals surface area contributed by atoms with Crippen LogP contribution in [0.5, 0.6) is 0 Å². The summed E-state index contributed by atoms with van der Waals surface area (Å²) in [6.45, 7) is 0. The summed E-state index contributed by atoms with van der Waals surface area (Å²) in [7, 11) is -3.95. The number of anilines is 1. The molecule has 0 saturated carbocycles. The highest BCUT2D eigenvalue weighted by atomic mass is 32.2. The van der Waals surface area contributed by atoms with Crippen LogP contribution in [0.15, 0.2) is 80.8 Å². The lowest BCUT2D eigenvalue weighted by Crippen LogP contribution is -2.14. The van der Waals surface area contributed by atoms with E-state index in [0.717, 1.165) is 6.07 Å². The van der Waals surface area contributed by atoms with E-state index in [2.05, 4.69) is 14.9 Å². The van der Waals surface area contributed by atoms with Gasteiger partial charge in [-0.2, -0.15) is 4.98 Å². The van der Waals surface area contributed by atoms with Gasteiger partial charge in [-0.3, -0.25) is 4.72 Å². The van der Waals surface area contributed by atoms with Crippen LogP contribution >= 0.6 is 0 Å². The van der Waals surface area contributed by atoms with Crippen molar-refractivity contribution in [1.29, 1.82) is 0 Å². The van der Waals surface area contributed by atoms with E-state index in [4.69, 9.17) is 8.94 Å².